The van der Waals surface area contributed by atoms with Gasteiger partial charge in [0, 0.05) is 0 Å². The Labute approximate surface area is 190 Å². The molecule has 2 heterocycles. The van der Waals surface area contributed by atoms with Crippen molar-refractivity contribution >= 4 is 23.4 Å². The number of nitrogens with two attached hydrogens (primary N) is 1. The van der Waals surface area contributed by atoms with Crippen molar-refractivity contribution in [3.8, 4) is 11.5 Å². The van der Waals surface area contributed by atoms with E-state index in [1.807, 2.05) is 36.4 Å². The van der Waals surface area contributed by atoms with Gasteiger partial charge in [-0.25, -0.2) is 4.90 Å². The molecule has 2 N–H and O–H groups in total. The Bertz CT molecular complexity index is 1180. The van der Waals surface area contributed by atoms with Crippen LogP contribution in [0.15, 0.2) is 84.9 Å². The average Bonchev–Trinajstić information content (AvgIpc) is 3.30. The number of carbonyl (C=O) groups excluding carboxylic acids is 3. The molecule has 0 saturated carbocycles. The lowest BCUT2D eigenvalue weighted by Gasteiger charge is -2.26. The molecule has 3 unspecified atom stereocenters. The predicted molar refractivity (Wildman–Crippen MR) is 119 cm³/mol. The second-order valence-corrected chi connectivity index (χ2v) is 7.87. The van der Waals surface area contributed by atoms with E-state index in [0.717, 1.165) is 4.90 Å². The Balaban J connectivity index is 1.45. The van der Waals surface area contributed by atoms with Crippen molar-refractivity contribution in [1.82, 2.24) is 5.06 Å². The molecule has 3 aromatic carbocycles. The Hall–Kier alpha value is -4.01. The fraction of sp³-hybridized carbons (Fsp3) is 0.160. The first-order valence-corrected chi connectivity index (χ1v) is 10.5. The van der Waals surface area contributed by atoms with Crippen LogP contribution in [0.5, 0.6) is 11.5 Å². The summed E-state index contributed by atoms with van der Waals surface area (Å²) in [5, 5.41) is 1.34. The number of primary amides is 1. The number of fused-ring (bicyclic) bond motifs is 1. The fourth-order valence-electron chi connectivity index (χ4n) is 4.32. The van der Waals surface area contributed by atoms with E-state index in [1.165, 1.54) is 5.06 Å². The highest BCUT2D eigenvalue weighted by Crippen LogP contribution is 2.45. The molecule has 166 valence electrons. The zero-order chi connectivity index (χ0) is 22.9. The van der Waals surface area contributed by atoms with Crippen LogP contribution in [-0.4, -0.2) is 35.4 Å². The molecular formula is C25H21N3O5. The number of para-hydroxylation sites is 2. The molecule has 0 radical (unpaired) electrons. The highest BCUT2D eigenvalue weighted by atomic mass is 16.7. The summed E-state index contributed by atoms with van der Waals surface area (Å²) in [6, 6.07) is 24.5. The molecule has 3 atom stereocenters. The number of hydroxylamine groups is 2. The number of carbonyl (C=O) groups is 3. The number of hydrogen-bond acceptors (Lipinski definition) is 6. The molecule has 3 amide bonds. The van der Waals surface area contributed by atoms with Gasteiger partial charge in [-0.3, -0.25) is 19.2 Å². The molecule has 5 rings (SSSR count). The highest BCUT2D eigenvalue weighted by Gasteiger charge is 2.60. The van der Waals surface area contributed by atoms with Gasteiger partial charge in [-0.15, -0.1) is 0 Å². The molecule has 2 aliphatic rings. The number of hydrogen-bond donors (Lipinski definition) is 1. The Morgan fingerprint density at radius 1 is 0.848 bits per heavy atom. The van der Waals surface area contributed by atoms with E-state index in [2.05, 4.69) is 0 Å². The van der Waals surface area contributed by atoms with Crippen LogP contribution >= 0.6 is 0 Å². The maximum Gasteiger partial charge on any atom is 0.265 e. The number of nitrogens with zero attached hydrogens (tertiary/aromatic N) is 2. The number of rotatable bonds is 6. The van der Waals surface area contributed by atoms with Crippen molar-refractivity contribution in [2.24, 2.45) is 11.7 Å². The van der Waals surface area contributed by atoms with Gasteiger partial charge in [-0.05, 0) is 42.0 Å². The first-order chi connectivity index (χ1) is 16.0. The third kappa shape index (κ3) is 3.86. The SMILES string of the molecule is NC(=O)CN1OC2C(=O)N(c3ccccc3)C(=O)C2C1c1ccc(Oc2ccccc2)cc1. The van der Waals surface area contributed by atoms with Crippen molar-refractivity contribution in [1.29, 1.82) is 0 Å². The van der Waals surface area contributed by atoms with Crippen molar-refractivity contribution < 1.29 is 24.0 Å². The minimum Gasteiger partial charge on any atom is -0.457 e. The third-order valence-electron chi connectivity index (χ3n) is 5.72. The number of imide groups is 1. The summed E-state index contributed by atoms with van der Waals surface area (Å²) in [6.07, 6.45) is -1.03. The monoisotopic (exact) mass is 443 g/mol. The zero-order valence-electron chi connectivity index (χ0n) is 17.5. The lowest BCUT2D eigenvalue weighted by atomic mass is 9.90. The molecule has 0 aliphatic carbocycles. The molecule has 2 saturated heterocycles. The van der Waals surface area contributed by atoms with Crippen molar-refractivity contribution in [3.05, 3.63) is 90.5 Å². The molecule has 0 spiro atoms. The molecule has 0 bridgehead atoms. The highest BCUT2D eigenvalue weighted by molar-refractivity contribution is 6.23. The van der Waals surface area contributed by atoms with Crippen LogP contribution in [0.1, 0.15) is 11.6 Å². The minimum atomic E-state index is -1.03. The molecule has 33 heavy (non-hydrogen) atoms. The predicted octanol–water partition coefficient (Wildman–Crippen LogP) is 2.81. The van der Waals surface area contributed by atoms with Gasteiger partial charge < -0.3 is 10.5 Å². The zero-order valence-corrected chi connectivity index (χ0v) is 17.5. The standard InChI is InChI=1S/C25H21N3O5/c26-20(29)15-27-22(16-11-13-19(14-12-16)32-18-9-5-2-6-10-18)21-23(33-27)25(31)28(24(21)30)17-7-3-1-4-8-17/h1-14,21-23H,15H2,(H2,26,29). The van der Waals surface area contributed by atoms with Gasteiger partial charge in [0.05, 0.1) is 17.6 Å². The summed E-state index contributed by atoms with van der Waals surface area (Å²) in [7, 11) is 0. The van der Waals surface area contributed by atoms with Crippen LogP contribution < -0.4 is 15.4 Å². The van der Waals surface area contributed by atoms with Gasteiger partial charge >= 0.3 is 0 Å². The van der Waals surface area contributed by atoms with Gasteiger partial charge in [-0.2, -0.15) is 5.06 Å². The fourth-order valence-corrected chi connectivity index (χ4v) is 4.32. The maximum absolute atomic E-state index is 13.4. The number of amides is 3. The summed E-state index contributed by atoms with van der Waals surface area (Å²) in [5.74, 6) is -0.960. The Morgan fingerprint density at radius 2 is 1.45 bits per heavy atom. The summed E-state index contributed by atoms with van der Waals surface area (Å²) in [5.41, 5.74) is 6.59. The van der Waals surface area contributed by atoms with E-state index in [4.69, 9.17) is 15.3 Å². The normalized spacial score (nSPS) is 22.4. The number of ether oxygens (including phenoxy) is 1. The van der Waals surface area contributed by atoms with Crippen LogP contribution in [0, 0.1) is 5.92 Å². The largest absolute Gasteiger partial charge is 0.457 e. The maximum atomic E-state index is 13.4. The van der Waals surface area contributed by atoms with Crippen LogP contribution in [0.3, 0.4) is 0 Å². The molecule has 2 aliphatic heterocycles. The second-order valence-electron chi connectivity index (χ2n) is 7.87. The van der Waals surface area contributed by atoms with E-state index in [1.54, 1.807) is 48.5 Å². The van der Waals surface area contributed by atoms with E-state index in [-0.39, 0.29) is 12.5 Å². The van der Waals surface area contributed by atoms with E-state index in [0.29, 0.717) is 22.7 Å². The van der Waals surface area contributed by atoms with E-state index in [9.17, 15) is 14.4 Å². The summed E-state index contributed by atoms with van der Waals surface area (Å²) >= 11 is 0. The molecular weight excluding hydrogens is 422 g/mol. The van der Waals surface area contributed by atoms with Crippen LogP contribution in [0.2, 0.25) is 0 Å². The topological polar surface area (TPSA) is 102 Å². The number of benzene rings is 3. The minimum absolute atomic E-state index is 0.244. The van der Waals surface area contributed by atoms with Crippen LogP contribution in [-0.2, 0) is 19.2 Å². The summed E-state index contributed by atoms with van der Waals surface area (Å²) in [6.45, 7) is -0.244. The molecule has 2 fully saturated rings. The smallest absolute Gasteiger partial charge is 0.265 e. The van der Waals surface area contributed by atoms with Crippen molar-refractivity contribution in [2.45, 2.75) is 12.1 Å². The average molecular weight is 443 g/mol. The molecule has 8 heteroatoms. The second kappa shape index (κ2) is 8.50. The first-order valence-electron chi connectivity index (χ1n) is 10.5. The quantitative estimate of drug-likeness (QED) is 0.588. The summed E-state index contributed by atoms with van der Waals surface area (Å²) in [4.78, 5) is 45.1. The Kier molecular flexibility index (Phi) is 5.37. The van der Waals surface area contributed by atoms with Gasteiger partial charge in [0.2, 0.25) is 11.8 Å². The van der Waals surface area contributed by atoms with Gasteiger partial charge in [0.15, 0.2) is 6.10 Å². The third-order valence-corrected chi connectivity index (χ3v) is 5.72. The lowest BCUT2D eigenvalue weighted by molar-refractivity contribution is -0.175. The number of anilines is 1. The van der Waals surface area contributed by atoms with Gasteiger partial charge in [-0.1, -0.05) is 48.5 Å². The van der Waals surface area contributed by atoms with Crippen molar-refractivity contribution in [2.75, 3.05) is 11.4 Å². The first kappa shape index (κ1) is 20.9. The van der Waals surface area contributed by atoms with Crippen LogP contribution in [0.25, 0.3) is 0 Å². The molecule has 0 aromatic heterocycles. The van der Waals surface area contributed by atoms with Gasteiger partial charge in [0.25, 0.3) is 5.91 Å². The lowest BCUT2D eigenvalue weighted by Crippen LogP contribution is -2.40. The van der Waals surface area contributed by atoms with Gasteiger partial charge in [0.1, 0.15) is 18.0 Å². The van der Waals surface area contributed by atoms with E-state index >= 15 is 0 Å². The van der Waals surface area contributed by atoms with Crippen molar-refractivity contribution in [3.63, 3.8) is 0 Å². The molecule has 8 nitrogen and oxygen atoms in total. The van der Waals surface area contributed by atoms with E-state index < -0.39 is 29.9 Å². The van der Waals surface area contributed by atoms with Crippen LogP contribution in [0.4, 0.5) is 5.69 Å². The molecule has 3 aromatic rings. The summed E-state index contributed by atoms with van der Waals surface area (Å²) < 4.78 is 5.84. The Morgan fingerprint density at radius 3 is 2.09 bits per heavy atom.